The van der Waals surface area contributed by atoms with E-state index in [4.69, 9.17) is 5.21 Å². The van der Waals surface area contributed by atoms with Crippen molar-refractivity contribution in [2.75, 3.05) is 0 Å². The van der Waals surface area contributed by atoms with Crippen LogP contribution in [0.2, 0.25) is 0 Å². The fourth-order valence-electron chi connectivity index (χ4n) is 2.85. The Kier molecular flexibility index (Phi) is 1.12. The molecule has 1 aliphatic heterocycles. The third-order valence-electron chi connectivity index (χ3n) is 3.38. The van der Waals surface area contributed by atoms with Gasteiger partial charge in [-0.1, -0.05) is 0 Å². The standard InChI is InChI=1S/C9H9NO3/c11-8-6-4-1-2-5(3-4)7(6)9(12)10(8)13/h4-5,13H,1-3H2/t4-,5?/m0/s1. The van der Waals surface area contributed by atoms with Gasteiger partial charge in [-0.25, -0.2) is 0 Å². The molecule has 0 aromatic carbocycles. The highest BCUT2D eigenvalue weighted by Crippen LogP contribution is 2.51. The van der Waals surface area contributed by atoms with Crippen molar-refractivity contribution in [3.63, 3.8) is 0 Å². The third kappa shape index (κ3) is 0.659. The van der Waals surface area contributed by atoms with Crippen LogP contribution in [0.25, 0.3) is 0 Å². The van der Waals surface area contributed by atoms with E-state index in [-0.39, 0.29) is 16.9 Å². The zero-order valence-electron chi connectivity index (χ0n) is 6.99. The van der Waals surface area contributed by atoms with E-state index in [1.807, 2.05) is 0 Å². The van der Waals surface area contributed by atoms with Crippen molar-refractivity contribution in [1.82, 2.24) is 5.06 Å². The molecule has 0 aromatic heterocycles. The first-order valence-corrected chi connectivity index (χ1v) is 4.52. The van der Waals surface area contributed by atoms with Gasteiger partial charge in [-0.2, -0.15) is 0 Å². The molecule has 2 aliphatic carbocycles. The summed E-state index contributed by atoms with van der Waals surface area (Å²) >= 11 is 0. The number of fused-ring (bicyclic) bond motifs is 4. The fraction of sp³-hybridized carbons (Fsp3) is 0.556. The highest BCUT2D eigenvalue weighted by Gasteiger charge is 2.52. The number of hydrogen-bond acceptors (Lipinski definition) is 3. The lowest BCUT2D eigenvalue weighted by Crippen LogP contribution is -2.29. The summed E-state index contributed by atoms with van der Waals surface area (Å²) in [6, 6.07) is 0. The summed E-state index contributed by atoms with van der Waals surface area (Å²) in [6.45, 7) is 0. The Hall–Kier alpha value is -1.16. The second kappa shape index (κ2) is 2.01. The minimum atomic E-state index is -0.479. The molecule has 13 heavy (non-hydrogen) atoms. The molecule has 1 saturated carbocycles. The maximum atomic E-state index is 11.4. The topological polar surface area (TPSA) is 57.6 Å². The maximum absolute atomic E-state index is 11.4. The molecule has 2 atom stereocenters. The van der Waals surface area contributed by atoms with Crippen LogP contribution in [0.4, 0.5) is 0 Å². The third-order valence-corrected chi connectivity index (χ3v) is 3.38. The van der Waals surface area contributed by atoms with E-state index < -0.39 is 11.8 Å². The normalized spacial score (nSPS) is 36.5. The largest absolute Gasteiger partial charge is 0.281 e. The number of hydroxylamine groups is 2. The molecule has 2 bridgehead atoms. The number of carbonyl (C=O) groups is 2. The van der Waals surface area contributed by atoms with E-state index in [9.17, 15) is 9.59 Å². The second-order valence-corrected chi connectivity index (χ2v) is 3.96. The van der Waals surface area contributed by atoms with E-state index in [1.54, 1.807) is 0 Å². The number of hydrogen-bond donors (Lipinski definition) is 1. The van der Waals surface area contributed by atoms with Gasteiger partial charge in [0.1, 0.15) is 0 Å². The highest BCUT2D eigenvalue weighted by molar-refractivity contribution is 6.19. The molecule has 3 aliphatic rings. The average molecular weight is 179 g/mol. The molecule has 2 amide bonds. The van der Waals surface area contributed by atoms with E-state index >= 15 is 0 Å². The summed E-state index contributed by atoms with van der Waals surface area (Å²) in [6.07, 6.45) is 2.93. The van der Waals surface area contributed by atoms with E-state index in [2.05, 4.69) is 0 Å². The molecular weight excluding hydrogens is 170 g/mol. The van der Waals surface area contributed by atoms with Gasteiger partial charge in [-0.05, 0) is 31.1 Å². The van der Waals surface area contributed by atoms with Crippen LogP contribution in [0.5, 0.6) is 0 Å². The second-order valence-electron chi connectivity index (χ2n) is 3.96. The molecule has 0 aromatic rings. The van der Waals surface area contributed by atoms with Crippen molar-refractivity contribution in [2.45, 2.75) is 19.3 Å². The van der Waals surface area contributed by atoms with Crippen molar-refractivity contribution in [3.8, 4) is 0 Å². The Morgan fingerprint density at radius 1 is 1.08 bits per heavy atom. The van der Waals surface area contributed by atoms with Gasteiger partial charge in [-0.3, -0.25) is 14.8 Å². The lowest BCUT2D eigenvalue weighted by Gasteiger charge is -2.09. The van der Waals surface area contributed by atoms with Crippen molar-refractivity contribution >= 4 is 11.8 Å². The predicted octanol–water partition coefficient (Wildman–Crippen LogP) is 0.471. The summed E-state index contributed by atoms with van der Waals surface area (Å²) in [7, 11) is 0. The first-order chi connectivity index (χ1) is 6.20. The summed E-state index contributed by atoms with van der Waals surface area (Å²) in [4.78, 5) is 22.8. The summed E-state index contributed by atoms with van der Waals surface area (Å²) in [5, 5.41) is 9.40. The number of rotatable bonds is 0. The Bertz CT molecular complexity index is 326. The van der Waals surface area contributed by atoms with Crippen LogP contribution in [0.1, 0.15) is 19.3 Å². The van der Waals surface area contributed by atoms with Gasteiger partial charge < -0.3 is 0 Å². The smallest absolute Gasteiger partial charge is 0.278 e. The maximum Gasteiger partial charge on any atom is 0.281 e. The predicted molar refractivity (Wildman–Crippen MR) is 41.5 cm³/mol. The minimum absolute atomic E-state index is 0.244. The fourth-order valence-corrected chi connectivity index (χ4v) is 2.85. The number of nitrogens with zero attached hydrogens (tertiary/aromatic N) is 1. The quantitative estimate of drug-likeness (QED) is 0.434. The first-order valence-electron chi connectivity index (χ1n) is 4.52. The molecule has 1 unspecified atom stereocenters. The van der Waals surface area contributed by atoms with Crippen LogP contribution >= 0.6 is 0 Å². The summed E-state index contributed by atoms with van der Waals surface area (Å²) in [5.41, 5.74) is 1.20. The Balaban J connectivity index is 2.15. The van der Waals surface area contributed by atoms with Crippen molar-refractivity contribution in [1.29, 1.82) is 0 Å². The monoisotopic (exact) mass is 179 g/mol. The van der Waals surface area contributed by atoms with Gasteiger partial charge in [-0.15, -0.1) is 5.06 Å². The SMILES string of the molecule is O=C1C2=C(C(=O)N1O)[C@H]1CCC2C1. The molecule has 1 heterocycles. The van der Waals surface area contributed by atoms with Crippen LogP contribution in [-0.4, -0.2) is 22.1 Å². The van der Waals surface area contributed by atoms with E-state index in [0.717, 1.165) is 19.3 Å². The average Bonchev–Trinajstić information content (AvgIpc) is 2.76. The number of carbonyl (C=O) groups excluding carboxylic acids is 2. The highest BCUT2D eigenvalue weighted by atomic mass is 16.5. The van der Waals surface area contributed by atoms with Gasteiger partial charge >= 0.3 is 0 Å². The molecule has 0 radical (unpaired) electrons. The Morgan fingerprint density at radius 3 is 2.00 bits per heavy atom. The lowest BCUT2D eigenvalue weighted by molar-refractivity contribution is -0.170. The zero-order chi connectivity index (χ0) is 9.16. The molecule has 68 valence electrons. The molecule has 0 saturated heterocycles. The molecule has 4 nitrogen and oxygen atoms in total. The number of imide groups is 1. The molecular formula is C9H9NO3. The molecule has 0 spiro atoms. The molecule has 1 N–H and O–H groups in total. The first kappa shape index (κ1) is 7.26. The summed E-state index contributed by atoms with van der Waals surface area (Å²) in [5.74, 6) is -0.471. The minimum Gasteiger partial charge on any atom is -0.278 e. The zero-order valence-corrected chi connectivity index (χ0v) is 6.99. The van der Waals surface area contributed by atoms with Gasteiger partial charge in [0.05, 0.1) is 0 Å². The van der Waals surface area contributed by atoms with Gasteiger partial charge in [0.25, 0.3) is 11.8 Å². The van der Waals surface area contributed by atoms with Gasteiger partial charge in [0.15, 0.2) is 0 Å². The lowest BCUT2D eigenvalue weighted by atomic mass is 9.93. The Morgan fingerprint density at radius 2 is 1.54 bits per heavy atom. The molecule has 4 heteroatoms. The van der Waals surface area contributed by atoms with Crippen LogP contribution in [-0.2, 0) is 9.59 Å². The van der Waals surface area contributed by atoms with Crippen LogP contribution in [0.15, 0.2) is 11.1 Å². The summed E-state index contributed by atoms with van der Waals surface area (Å²) < 4.78 is 0. The van der Waals surface area contributed by atoms with E-state index in [0.29, 0.717) is 11.1 Å². The van der Waals surface area contributed by atoms with Crippen LogP contribution in [0.3, 0.4) is 0 Å². The van der Waals surface area contributed by atoms with Crippen molar-refractivity contribution < 1.29 is 14.8 Å². The Labute approximate surface area is 74.8 Å². The molecule has 3 rings (SSSR count). The van der Waals surface area contributed by atoms with E-state index in [1.165, 1.54) is 0 Å². The molecule has 1 fully saturated rings. The van der Waals surface area contributed by atoms with Gasteiger partial charge in [0.2, 0.25) is 0 Å². The van der Waals surface area contributed by atoms with Crippen LogP contribution in [0, 0.1) is 11.8 Å². The van der Waals surface area contributed by atoms with Crippen molar-refractivity contribution in [2.24, 2.45) is 11.8 Å². The van der Waals surface area contributed by atoms with Crippen LogP contribution < -0.4 is 0 Å². The van der Waals surface area contributed by atoms with Crippen molar-refractivity contribution in [3.05, 3.63) is 11.1 Å². The van der Waals surface area contributed by atoms with Gasteiger partial charge in [0, 0.05) is 11.1 Å². The number of amides is 2.